The van der Waals surface area contributed by atoms with Gasteiger partial charge in [0.1, 0.15) is 16.2 Å². The van der Waals surface area contributed by atoms with Gasteiger partial charge >= 0.3 is 0 Å². The van der Waals surface area contributed by atoms with Gasteiger partial charge in [0.05, 0.1) is 18.8 Å². The molecule has 0 bridgehead atoms. The second-order valence-electron chi connectivity index (χ2n) is 3.77. The lowest BCUT2D eigenvalue weighted by Gasteiger charge is -2.10. The minimum atomic E-state index is 0.303. The van der Waals surface area contributed by atoms with Crippen LogP contribution in [0.3, 0.4) is 0 Å². The quantitative estimate of drug-likeness (QED) is 0.761. The van der Waals surface area contributed by atoms with Gasteiger partial charge in [-0.3, -0.25) is 4.68 Å². The van der Waals surface area contributed by atoms with Crippen LogP contribution in [0, 0.1) is 0 Å². The van der Waals surface area contributed by atoms with Crippen molar-refractivity contribution in [1.82, 2.24) is 14.8 Å². The Morgan fingerprint density at radius 3 is 3.19 bits per heavy atom. The lowest BCUT2D eigenvalue weighted by atomic mass is 10.2. The summed E-state index contributed by atoms with van der Waals surface area (Å²) in [5.41, 5.74) is 1.80. The first-order valence-corrected chi connectivity index (χ1v) is 6.20. The average molecular weight is 303 g/mol. The van der Waals surface area contributed by atoms with Crippen LogP contribution in [0.4, 0.5) is 0 Å². The fourth-order valence-electron chi connectivity index (χ4n) is 1.98. The van der Waals surface area contributed by atoms with Crippen molar-refractivity contribution in [3.05, 3.63) is 21.9 Å². The topological polar surface area (TPSA) is 39.9 Å². The number of pyridine rings is 1. The molecule has 1 atom stereocenters. The molecule has 0 aliphatic carbocycles. The molecule has 16 heavy (non-hydrogen) atoms. The van der Waals surface area contributed by atoms with Gasteiger partial charge in [0.15, 0.2) is 0 Å². The molecule has 0 saturated carbocycles. The normalized spacial score (nSPS) is 20.8. The van der Waals surface area contributed by atoms with Gasteiger partial charge in [-0.05, 0) is 28.4 Å². The third kappa shape index (κ3) is 1.63. The molecule has 1 aliphatic rings. The molecule has 1 fully saturated rings. The molecule has 3 rings (SSSR count). The van der Waals surface area contributed by atoms with E-state index < -0.39 is 0 Å². The minimum absolute atomic E-state index is 0.303. The summed E-state index contributed by atoms with van der Waals surface area (Å²) in [4.78, 5) is 4.24. The molecule has 1 unspecified atom stereocenters. The van der Waals surface area contributed by atoms with E-state index in [0.717, 1.165) is 28.5 Å². The van der Waals surface area contributed by atoms with Crippen LogP contribution in [0.1, 0.15) is 12.5 Å². The van der Waals surface area contributed by atoms with Gasteiger partial charge in [-0.1, -0.05) is 11.6 Å². The van der Waals surface area contributed by atoms with Crippen molar-refractivity contribution < 1.29 is 4.74 Å². The van der Waals surface area contributed by atoms with Crippen molar-refractivity contribution in [3.63, 3.8) is 0 Å². The first-order valence-electron chi connectivity index (χ1n) is 5.03. The number of hydrogen-bond acceptors (Lipinski definition) is 3. The summed E-state index contributed by atoms with van der Waals surface area (Å²) >= 11 is 9.39. The van der Waals surface area contributed by atoms with E-state index >= 15 is 0 Å². The van der Waals surface area contributed by atoms with Crippen LogP contribution in [0.2, 0.25) is 5.15 Å². The highest BCUT2D eigenvalue weighted by Crippen LogP contribution is 2.29. The predicted molar refractivity (Wildman–Crippen MR) is 64.7 cm³/mol. The van der Waals surface area contributed by atoms with Gasteiger partial charge in [0, 0.05) is 11.1 Å². The van der Waals surface area contributed by atoms with Crippen molar-refractivity contribution in [2.75, 3.05) is 13.2 Å². The Kier molecular flexibility index (Phi) is 2.61. The number of ether oxygens (including phenoxy) is 1. The minimum Gasteiger partial charge on any atom is -0.379 e. The van der Waals surface area contributed by atoms with E-state index in [1.807, 2.05) is 4.68 Å². The van der Waals surface area contributed by atoms with Gasteiger partial charge < -0.3 is 4.74 Å². The highest BCUT2D eigenvalue weighted by atomic mass is 79.9. The molecule has 1 aliphatic heterocycles. The lowest BCUT2D eigenvalue weighted by Crippen LogP contribution is -2.10. The summed E-state index contributed by atoms with van der Waals surface area (Å²) in [5, 5.41) is 4.84. The molecule has 6 heteroatoms. The highest BCUT2D eigenvalue weighted by Gasteiger charge is 2.21. The molecule has 1 saturated heterocycles. The molecule has 2 aromatic rings. The van der Waals surface area contributed by atoms with Gasteiger partial charge in [-0.2, -0.15) is 5.10 Å². The van der Waals surface area contributed by atoms with Crippen molar-refractivity contribution >= 4 is 38.6 Å². The fourth-order valence-corrected chi connectivity index (χ4v) is 2.91. The maximum Gasteiger partial charge on any atom is 0.131 e. The molecule has 2 aromatic heterocycles. The zero-order valence-electron chi connectivity index (χ0n) is 8.36. The summed E-state index contributed by atoms with van der Waals surface area (Å²) in [6, 6.07) is 2.09. The zero-order valence-corrected chi connectivity index (χ0v) is 10.7. The fraction of sp³-hybridized carbons (Fsp3) is 0.400. The number of fused-ring (bicyclic) bond motifs is 1. The number of hydrogen-bond donors (Lipinski definition) is 0. The Balaban J connectivity index is 2.18. The van der Waals surface area contributed by atoms with Crippen LogP contribution in [0.5, 0.6) is 0 Å². The maximum absolute atomic E-state index is 5.89. The second-order valence-corrected chi connectivity index (χ2v) is 5.01. The highest BCUT2D eigenvalue weighted by molar-refractivity contribution is 9.10. The summed E-state index contributed by atoms with van der Waals surface area (Å²) in [5.74, 6) is 0. The van der Waals surface area contributed by atoms with Gasteiger partial charge in [-0.15, -0.1) is 0 Å². The Hall–Kier alpha value is -0.650. The maximum atomic E-state index is 5.89. The molecule has 0 aromatic carbocycles. The standard InChI is InChI=1S/C10H9BrClN3O/c11-7-3-9(12)14-8-4-13-15(10(7)8)6-1-2-16-5-6/h3-4,6H,1-2,5H2. The zero-order chi connectivity index (χ0) is 11.1. The Bertz CT molecular complexity index is 536. The van der Waals surface area contributed by atoms with E-state index in [2.05, 4.69) is 26.0 Å². The smallest absolute Gasteiger partial charge is 0.131 e. The Morgan fingerprint density at radius 1 is 1.56 bits per heavy atom. The largest absolute Gasteiger partial charge is 0.379 e. The van der Waals surface area contributed by atoms with Crippen LogP contribution in [0.15, 0.2) is 16.7 Å². The first-order chi connectivity index (χ1) is 7.75. The monoisotopic (exact) mass is 301 g/mol. The van der Waals surface area contributed by atoms with Crippen LogP contribution >= 0.6 is 27.5 Å². The van der Waals surface area contributed by atoms with E-state index in [4.69, 9.17) is 16.3 Å². The van der Waals surface area contributed by atoms with E-state index in [1.54, 1.807) is 12.3 Å². The molecule has 0 radical (unpaired) electrons. The summed E-state index contributed by atoms with van der Waals surface area (Å²) in [6.07, 6.45) is 2.73. The Morgan fingerprint density at radius 2 is 2.44 bits per heavy atom. The van der Waals surface area contributed by atoms with Crippen molar-refractivity contribution in [3.8, 4) is 0 Å². The van der Waals surface area contributed by atoms with Crippen molar-refractivity contribution in [2.45, 2.75) is 12.5 Å². The van der Waals surface area contributed by atoms with Crippen LogP contribution < -0.4 is 0 Å². The summed E-state index contributed by atoms with van der Waals surface area (Å²) in [7, 11) is 0. The molecular formula is C10H9BrClN3O. The number of halogens is 2. The van der Waals surface area contributed by atoms with E-state index in [0.29, 0.717) is 17.8 Å². The average Bonchev–Trinajstić information content (AvgIpc) is 2.82. The van der Waals surface area contributed by atoms with E-state index in [9.17, 15) is 0 Å². The summed E-state index contributed by atoms with van der Waals surface area (Å²) in [6.45, 7) is 1.51. The first kappa shape index (κ1) is 10.5. The number of aromatic nitrogens is 3. The molecule has 3 heterocycles. The predicted octanol–water partition coefficient (Wildman–Crippen LogP) is 2.81. The molecule has 84 valence electrons. The van der Waals surface area contributed by atoms with Gasteiger partial charge in [0.25, 0.3) is 0 Å². The third-order valence-corrected chi connectivity index (χ3v) is 3.53. The molecule has 4 nitrogen and oxygen atoms in total. The van der Waals surface area contributed by atoms with E-state index in [-0.39, 0.29) is 0 Å². The number of nitrogens with zero attached hydrogens (tertiary/aromatic N) is 3. The van der Waals surface area contributed by atoms with Crippen LogP contribution in [-0.2, 0) is 4.74 Å². The second kappa shape index (κ2) is 3.98. The van der Waals surface area contributed by atoms with Crippen molar-refractivity contribution in [2.24, 2.45) is 0 Å². The molecular weight excluding hydrogens is 293 g/mol. The lowest BCUT2D eigenvalue weighted by molar-refractivity contribution is 0.185. The van der Waals surface area contributed by atoms with Gasteiger partial charge in [-0.25, -0.2) is 4.98 Å². The Labute approximate surface area is 106 Å². The van der Waals surface area contributed by atoms with Crippen molar-refractivity contribution in [1.29, 1.82) is 0 Å². The van der Waals surface area contributed by atoms with Gasteiger partial charge in [0.2, 0.25) is 0 Å². The third-order valence-electron chi connectivity index (χ3n) is 2.73. The summed E-state index contributed by atoms with van der Waals surface area (Å²) < 4.78 is 8.26. The van der Waals surface area contributed by atoms with E-state index in [1.165, 1.54) is 0 Å². The molecule has 0 amide bonds. The molecule has 0 N–H and O–H groups in total. The van der Waals surface area contributed by atoms with Crippen LogP contribution in [0.25, 0.3) is 11.0 Å². The SMILES string of the molecule is Clc1cc(Br)c2c(cnn2C2CCOC2)n1. The molecule has 0 spiro atoms. The van der Waals surface area contributed by atoms with Crippen LogP contribution in [-0.4, -0.2) is 28.0 Å². The number of rotatable bonds is 1.